The maximum Gasteiger partial charge on any atom is 0.186 e. The van der Waals surface area contributed by atoms with Crippen molar-refractivity contribution in [3.63, 3.8) is 0 Å². The van der Waals surface area contributed by atoms with E-state index in [9.17, 15) is 0 Å². The van der Waals surface area contributed by atoms with Crippen molar-refractivity contribution in [1.82, 2.24) is 0 Å². The molecule has 1 radical (unpaired) electrons. The second kappa shape index (κ2) is 2.06. The molecule has 0 fully saturated rings. The van der Waals surface area contributed by atoms with Gasteiger partial charge in [-0.1, -0.05) is 18.2 Å². The predicted molar refractivity (Wildman–Crippen MR) is 35.1 cm³/mol. The molecule has 1 heterocycles. The van der Waals surface area contributed by atoms with Crippen LogP contribution in [0, 0.1) is 6.08 Å². The van der Waals surface area contributed by atoms with Crippen molar-refractivity contribution in [2.75, 3.05) is 0 Å². The van der Waals surface area contributed by atoms with Gasteiger partial charge in [-0.05, 0) is 6.07 Å². The number of hydrogen-bond donors (Lipinski definition) is 0. The van der Waals surface area contributed by atoms with Gasteiger partial charge in [0.2, 0.25) is 0 Å². The average molecular weight is 133 g/mol. The van der Waals surface area contributed by atoms with Gasteiger partial charge in [-0.15, -0.1) is 0 Å². The van der Waals surface area contributed by atoms with Crippen LogP contribution in [0.4, 0.5) is 0 Å². The van der Waals surface area contributed by atoms with Crippen LogP contribution in [0.5, 0.6) is 5.75 Å². The van der Waals surface area contributed by atoms with E-state index in [0.29, 0.717) is 5.75 Å². The third kappa shape index (κ3) is 0.739. The Morgan fingerprint density at radius 1 is 1.20 bits per heavy atom. The van der Waals surface area contributed by atoms with Crippen LogP contribution in [0.15, 0.2) is 30.5 Å². The summed E-state index contributed by atoms with van der Waals surface area (Å²) in [7, 11) is 0. The fourth-order valence-corrected chi connectivity index (χ4v) is 0.822. The normalized spacial score (nSPS) is 13.2. The zero-order valence-electron chi connectivity index (χ0n) is 5.20. The summed E-state index contributed by atoms with van der Waals surface area (Å²) in [6.07, 6.45) is 4.28. The zero-order valence-corrected chi connectivity index (χ0v) is 5.20. The summed E-state index contributed by atoms with van der Waals surface area (Å²) in [5, 5.41) is 0. The summed E-state index contributed by atoms with van der Waals surface area (Å²) >= 11 is 0. The van der Waals surface area contributed by atoms with E-state index in [0.717, 1.165) is 5.56 Å². The minimum absolute atomic E-state index is 0.713. The summed E-state index contributed by atoms with van der Waals surface area (Å²) in [5.41, 5.74) is 0.925. The van der Waals surface area contributed by atoms with Crippen molar-refractivity contribution < 1.29 is 9.78 Å². The van der Waals surface area contributed by atoms with Crippen molar-refractivity contribution in [3.05, 3.63) is 42.2 Å². The molecule has 1 aliphatic rings. The van der Waals surface area contributed by atoms with Crippen molar-refractivity contribution in [1.29, 1.82) is 0 Å². The molecule has 1 aliphatic heterocycles. The SMILES string of the molecule is [C]1=COOc2ccccc21. The van der Waals surface area contributed by atoms with Crippen LogP contribution in [-0.2, 0) is 4.89 Å². The molecule has 0 saturated carbocycles. The molecule has 0 atom stereocenters. The van der Waals surface area contributed by atoms with Crippen molar-refractivity contribution in [2.24, 2.45) is 0 Å². The van der Waals surface area contributed by atoms with Gasteiger partial charge in [0.1, 0.15) is 0 Å². The molecule has 10 heavy (non-hydrogen) atoms. The first-order chi connectivity index (χ1) is 4.97. The van der Waals surface area contributed by atoms with E-state index in [2.05, 4.69) is 11.0 Å². The second-order valence-electron chi connectivity index (χ2n) is 1.94. The number of rotatable bonds is 0. The van der Waals surface area contributed by atoms with E-state index in [1.54, 1.807) is 0 Å². The Morgan fingerprint density at radius 2 is 2.10 bits per heavy atom. The number of fused-ring (bicyclic) bond motifs is 1. The van der Waals surface area contributed by atoms with E-state index >= 15 is 0 Å². The van der Waals surface area contributed by atoms with Gasteiger partial charge >= 0.3 is 0 Å². The smallest absolute Gasteiger partial charge is 0.186 e. The van der Waals surface area contributed by atoms with E-state index in [1.165, 1.54) is 6.26 Å². The lowest BCUT2D eigenvalue weighted by molar-refractivity contribution is -0.153. The summed E-state index contributed by atoms with van der Waals surface area (Å²) in [6, 6.07) is 7.55. The fourth-order valence-electron chi connectivity index (χ4n) is 0.822. The van der Waals surface area contributed by atoms with Crippen LogP contribution in [-0.4, -0.2) is 0 Å². The van der Waals surface area contributed by atoms with E-state index in [-0.39, 0.29) is 0 Å². The van der Waals surface area contributed by atoms with Crippen molar-refractivity contribution in [3.8, 4) is 5.75 Å². The molecular formula is C8H5O2. The first kappa shape index (κ1) is 5.35. The second-order valence-corrected chi connectivity index (χ2v) is 1.94. The third-order valence-corrected chi connectivity index (χ3v) is 1.29. The summed E-state index contributed by atoms with van der Waals surface area (Å²) in [6.45, 7) is 0. The number of para-hydroxylation sites is 1. The lowest BCUT2D eigenvalue weighted by Gasteiger charge is -2.08. The molecule has 0 bridgehead atoms. The van der Waals surface area contributed by atoms with Crippen LogP contribution in [0.1, 0.15) is 5.56 Å². The molecule has 0 N–H and O–H groups in total. The molecular weight excluding hydrogens is 128 g/mol. The van der Waals surface area contributed by atoms with Gasteiger partial charge in [-0.3, -0.25) is 9.78 Å². The van der Waals surface area contributed by atoms with Gasteiger partial charge < -0.3 is 0 Å². The maximum absolute atomic E-state index is 4.81. The molecule has 0 amide bonds. The average Bonchev–Trinajstić information content (AvgIpc) is 2.05. The largest absolute Gasteiger partial charge is 0.297 e. The van der Waals surface area contributed by atoms with E-state index in [4.69, 9.17) is 4.89 Å². The van der Waals surface area contributed by atoms with Gasteiger partial charge in [0.05, 0.1) is 0 Å². The zero-order chi connectivity index (χ0) is 6.81. The molecule has 49 valence electrons. The molecule has 1 aromatic rings. The Morgan fingerprint density at radius 3 is 3.00 bits per heavy atom. The van der Waals surface area contributed by atoms with E-state index < -0.39 is 0 Å². The Balaban J connectivity index is 2.54. The van der Waals surface area contributed by atoms with Crippen LogP contribution in [0.25, 0.3) is 0 Å². The molecule has 0 aliphatic carbocycles. The number of hydrogen-bond acceptors (Lipinski definition) is 2. The molecule has 2 rings (SSSR count). The van der Waals surface area contributed by atoms with Crippen LogP contribution in [0.3, 0.4) is 0 Å². The van der Waals surface area contributed by atoms with Gasteiger partial charge in [0.25, 0.3) is 0 Å². The Bertz CT molecular complexity index is 266. The van der Waals surface area contributed by atoms with Gasteiger partial charge in [0.15, 0.2) is 12.0 Å². The highest BCUT2D eigenvalue weighted by Gasteiger charge is 2.04. The Kier molecular flexibility index (Phi) is 1.10. The van der Waals surface area contributed by atoms with Gasteiger partial charge in [-0.2, -0.15) is 0 Å². The standard InChI is InChI=1S/C8H5O2/c1-2-4-8-7(3-1)5-6-9-10-8/h1-4,6H. The fraction of sp³-hybridized carbons (Fsp3) is 0. The quantitative estimate of drug-likeness (QED) is 0.501. The molecule has 2 nitrogen and oxygen atoms in total. The molecule has 1 aromatic carbocycles. The number of benzene rings is 1. The van der Waals surface area contributed by atoms with Crippen LogP contribution in [0.2, 0.25) is 0 Å². The van der Waals surface area contributed by atoms with Crippen molar-refractivity contribution >= 4 is 0 Å². The Labute approximate surface area is 58.6 Å². The molecule has 0 spiro atoms. The van der Waals surface area contributed by atoms with Crippen LogP contribution < -0.4 is 4.89 Å². The molecule has 0 saturated heterocycles. The minimum atomic E-state index is 0.713. The van der Waals surface area contributed by atoms with E-state index in [1.807, 2.05) is 24.3 Å². The highest BCUT2D eigenvalue weighted by atomic mass is 17.2. The first-order valence-electron chi connectivity index (χ1n) is 2.97. The lowest BCUT2D eigenvalue weighted by Crippen LogP contribution is -1.97. The topological polar surface area (TPSA) is 18.5 Å². The summed E-state index contributed by atoms with van der Waals surface area (Å²) < 4.78 is 0. The van der Waals surface area contributed by atoms with Gasteiger partial charge in [-0.25, -0.2) is 0 Å². The highest BCUT2D eigenvalue weighted by molar-refractivity contribution is 5.37. The van der Waals surface area contributed by atoms with Crippen molar-refractivity contribution in [2.45, 2.75) is 0 Å². The monoisotopic (exact) mass is 133 g/mol. The minimum Gasteiger partial charge on any atom is -0.297 e. The third-order valence-electron chi connectivity index (χ3n) is 1.29. The summed E-state index contributed by atoms with van der Waals surface area (Å²) in [5.74, 6) is 0.713. The molecule has 0 aromatic heterocycles. The highest BCUT2D eigenvalue weighted by Crippen LogP contribution is 2.20. The first-order valence-corrected chi connectivity index (χ1v) is 2.97. The molecule has 2 heteroatoms. The lowest BCUT2D eigenvalue weighted by atomic mass is 10.2. The summed E-state index contributed by atoms with van der Waals surface area (Å²) in [4.78, 5) is 9.37. The maximum atomic E-state index is 4.81. The predicted octanol–water partition coefficient (Wildman–Crippen LogP) is 1.68. The Hall–Kier alpha value is -1.44. The van der Waals surface area contributed by atoms with Crippen LogP contribution >= 0.6 is 0 Å². The molecule has 0 unspecified atom stereocenters. The van der Waals surface area contributed by atoms with Gasteiger partial charge in [0, 0.05) is 11.6 Å².